The summed E-state index contributed by atoms with van der Waals surface area (Å²) in [5.74, 6) is -2.11. The maximum Gasteiger partial charge on any atom is 0.326 e. The van der Waals surface area contributed by atoms with Crippen molar-refractivity contribution in [3.05, 3.63) is 95.8 Å². The van der Waals surface area contributed by atoms with Crippen LogP contribution in [-0.4, -0.2) is 23.0 Å². The highest BCUT2D eigenvalue weighted by molar-refractivity contribution is 5.97. The van der Waals surface area contributed by atoms with Gasteiger partial charge < -0.3 is 10.4 Å². The first kappa shape index (κ1) is 18.3. The van der Waals surface area contributed by atoms with Crippen molar-refractivity contribution in [2.75, 3.05) is 0 Å². The fourth-order valence-electron chi connectivity index (χ4n) is 2.79. The molecule has 2 N–H and O–H groups in total. The van der Waals surface area contributed by atoms with Gasteiger partial charge in [-0.2, -0.15) is 0 Å². The summed E-state index contributed by atoms with van der Waals surface area (Å²) >= 11 is 0. The predicted molar refractivity (Wildman–Crippen MR) is 101 cm³/mol. The second kappa shape index (κ2) is 8.27. The van der Waals surface area contributed by atoms with Gasteiger partial charge in [-0.05, 0) is 41.0 Å². The molecule has 0 fully saturated rings. The van der Waals surface area contributed by atoms with E-state index in [4.69, 9.17) is 0 Å². The van der Waals surface area contributed by atoms with Crippen molar-refractivity contribution in [1.29, 1.82) is 0 Å². The number of rotatable bonds is 6. The molecule has 0 aliphatic heterocycles. The number of halogens is 1. The van der Waals surface area contributed by atoms with Crippen LogP contribution >= 0.6 is 0 Å². The van der Waals surface area contributed by atoms with Crippen LogP contribution in [-0.2, 0) is 11.2 Å². The number of benzene rings is 3. The summed E-state index contributed by atoms with van der Waals surface area (Å²) in [7, 11) is 0. The quantitative estimate of drug-likeness (QED) is 0.698. The van der Waals surface area contributed by atoms with Crippen LogP contribution < -0.4 is 5.32 Å². The maximum absolute atomic E-state index is 13.3. The van der Waals surface area contributed by atoms with Crippen LogP contribution in [0.1, 0.15) is 15.9 Å². The van der Waals surface area contributed by atoms with Crippen molar-refractivity contribution in [3.63, 3.8) is 0 Å². The Labute approximate surface area is 156 Å². The number of aliphatic carboxylic acids is 1. The second-order valence-electron chi connectivity index (χ2n) is 6.14. The molecular formula is C22H18FNO3. The van der Waals surface area contributed by atoms with E-state index >= 15 is 0 Å². The lowest BCUT2D eigenvalue weighted by Crippen LogP contribution is -2.42. The highest BCUT2D eigenvalue weighted by Gasteiger charge is 2.21. The van der Waals surface area contributed by atoms with Gasteiger partial charge in [0.1, 0.15) is 11.9 Å². The molecular weight excluding hydrogens is 345 g/mol. The zero-order chi connectivity index (χ0) is 19.2. The number of nitrogens with one attached hydrogen (secondary N) is 1. The van der Waals surface area contributed by atoms with Gasteiger partial charge in [0.15, 0.2) is 0 Å². The first-order chi connectivity index (χ1) is 13.0. The van der Waals surface area contributed by atoms with E-state index in [1.165, 1.54) is 18.2 Å². The Morgan fingerprint density at radius 1 is 0.889 bits per heavy atom. The van der Waals surface area contributed by atoms with Gasteiger partial charge in [-0.1, -0.05) is 54.6 Å². The van der Waals surface area contributed by atoms with Crippen molar-refractivity contribution < 1.29 is 19.1 Å². The third-order valence-electron chi connectivity index (χ3n) is 4.19. The SMILES string of the molecule is O=C(N[C@H](Cc1cccc(F)c1)C(=O)O)c1ccc(-c2ccccc2)cc1. The van der Waals surface area contributed by atoms with E-state index in [2.05, 4.69) is 5.32 Å². The third-order valence-corrected chi connectivity index (χ3v) is 4.19. The van der Waals surface area contributed by atoms with Gasteiger partial charge in [-0.15, -0.1) is 0 Å². The number of carboxylic acid groups (broad SMARTS) is 1. The second-order valence-corrected chi connectivity index (χ2v) is 6.14. The summed E-state index contributed by atoms with van der Waals surface area (Å²) < 4.78 is 13.3. The van der Waals surface area contributed by atoms with Gasteiger partial charge in [-0.25, -0.2) is 9.18 Å². The first-order valence-corrected chi connectivity index (χ1v) is 8.46. The summed E-state index contributed by atoms with van der Waals surface area (Å²) in [6, 6.07) is 21.2. The minimum absolute atomic E-state index is 0.000925. The Kier molecular flexibility index (Phi) is 5.61. The van der Waals surface area contributed by atoms with Gasteiger partial charge in [0.25, 0.3) is 5.91 Å². The summed E-state index contributed by atoms with van der Waals surface area (Å²) in [6.45, 7) is 0. The van der Waals surface area contributed by atoms with Gasteiger partial charge in [0.2, 0.25) is 0 Å². The van der Waals surface area contributed by atoms with E-state index in [9.17, 15) is 19.1 Å². The zero-order valence-corrected chi connectivity index (χ0v) is 14.4. The molecule has 0 unspecified atom stereocenters. The van der Waals surface area contributed by atoms with Crippen LogP contribution in [0, 0.1) is 5.82 Å². The smallest absolute Gasteiger partial charge is 0.326 e. The molecule has 0 spiro atoms. The summed E-state index contributed by atoms with van der Waals surface area (Å²) in [5, 5.41) is 11.9. The molecule has 3 aromatic rings. The fraction of sp³-hybridized carbons (Fsp3) is 0.0909. The van der Waals surface area contributed by atoms with Crippen LogP contribution in [0.2, 0.25) is 0 Å². The molecule has 1 amide bonds. The van der Waals surface area contributed by atoms with Crippen molar-refractivity contribution in [2.45, 2.75) is 12.5 Å². The Balaban J connectivity index is 1.71. The minimum atomic E-state index is -1.17. The predicted octanol–water partition coefficient (Wildman–Crippen LogP) is 3.92. The minimum Gasteiger partial charge on any atom is -0.480 e. The highest BCUT2D eigenvalue weighted by Crippen LogP contribution is 2.19. The molecule has 0 aromatic heterocycles. The van der Waals surface area contributed by atoms with Gasteiger partial charge in [0.05, 0.1) is 0 Å². The van der Waals surface area contributed by atoms with E-state index < -0.39 is 23.7 Å². The monoisotopic (exact) mass is 363 g/mol. The summed E-state index contributed by atoms with van der Waals surface area (Å²) in [5.41, 5.74) is 2.85. The Bertz CT molecular complexity index is 939. The normalized spacial score (nSPS) is 11.6. The number of carboxylic acids is 1. The number of carbonyl (C=O) groups excluding carboxylic acids is 1. The molecule has 3 rings (SSSR count). The average molecular weight is 363 g/mol. The molecule has 5 heteroatoms. The van der Waals surface area contributed by atoms with E-state index in [1.54, 1.807) is 18.2 Å². The highest BCUT2D eigenvalue weighted by atomic mass is 19.1. The van der Waals surface area contributed by atoms with Crippen molar-refractivity contribution >= 4 is 11.9 Å². The van der Waals surface area contributed by atoms with Gasteiger partial charge in [0, 0.05) is 12.0 Å². The Hall–Kier alpha value is -3.47. The zero-order valence-electron chi connectivity index (χ0n) is 14.4. The number of carbonyl (C=O) groups is 2. The number of hydrogen-bond donors (Lipinski definition) is 2. The van der Waals surface area contributed by atoms with Crippen LogP contribution in [0.25, 0.3) is 11.1 Å². The molecule has 4 nitrogen and oxygen atoms in total. The standard InChI is InChI=1S/C22H18FNO3/c23-19-8-4-5-15(13-19)14-20(22(26)27)24-21(25)18-11-9-17(10-12-18)16-6-2-1-3-7-16/h1-13,20H,14H2,(H,24,25)(H,26,27)/t20-/m1/s1. The molecule has 3 aromatic carbocycles. The van der Waals surface area contributed by atoms with E-state index in [0.29, 0.717) is 11.1 Å². The molecule has 0 aliphatic rings. The summed E-state index contributed by atoms with van der Waals surface area (Å²) in [6.07, 6.45) is 0.000925. The Morgan fingerprint density at radius 2 is 1.56 bits per heavy atom. The molecule has 1 atom stereocenters. The third kappa shape index (κ3) is 4.79. The number of amides is 1. The van der Waals surface area contributed by atoms with E-state index in [-0.39, 0.29) is 6.42 Å². The molecule has 0 saturated carbocycles. The molecule has 0 radical (unpaired) electrons. The molecule has 0 aliphatic carbocycles. The number of hydrogen-bond acceptors (Lipinski definition) is 2. The van der Waals surface area contributed by atoms with Crippen LogP contribution in [0.4, 0.5) is 4.39 Å². The fourth-order valence-corrected chi connectivity index (χ4v) is 2.79. The molecule has 0 bridgehead atoms. The largest absolute Gasteiger partial charge is 0.480 e. The van der Waals surface area contributed by atoms with E-state index in [1.807, 2.05) is 42.5 Å². The van der Waals surface area contributed by atoms with Crippen LogP contribution in [0.5, 0.6) is 0 Å². The van der Waals surface area contributed by atoms with Gasteiger partial charge in [-0.3, -0.25) is 4.79 Å². The lowest BCUT2D eigenvalue weighted by molar-refractivity contribution is -0.139. The topological polar surface area (TPSA) is 66.4 Å². The van der Waals surface area contributed by atoms with Crippen molar-refractivity contribution in [2.24, 2.45) is 0 Å². The molecule has 0 saturated heterocycles. The average Bonchev–Trinajstić information content (AvgIpc) is 2.68. The first-order valence-electron chi connectivity index (χ1n) is 8.46. The lowest BCUT2D eigenvalue weighted by Gasteiger charge is -2.15. The summed E-state index contributed by atoms with van der Waals surface area (Å²) in [4.78, 5) is 23.9. The van der Waals surface area contributed by atoms with Crippen molar-refractivity contribution in [3.8, 4) is 11.1 Å². The molecule has 0 heterocycles. The maximum atomic E-state index is 13.3. The van der Waals surface area contributed by atoms with Crippen LogP contribution in [0.3, 0.4) is 0 Å². The van der Waals surface area contributed by atoms with E-state index in [0.717, 1.165) is 11.1 Å². The lowest BCUT2D eigenvalue weighted by atomic mass is 10.0. The Morgan fingerprint density at radius 3 is 2.19 bits per heavy atom. The van der Waals surface area contributed by atoms with Gasteiger partial charge >= 0.3 is 5.97 Å². The molecule has 27 heavy (non-hydrogen) atoms. The molecule has 136 valence electrons. The van der Waals surface area contributed by atoms with Crippen molar-refractivity contribution in [1.82, 2.24) is 5.32 Å². The van der Waals surface area contributed by atoms with Crippen LogP contribution in [0.15, 0.2) is 78.9 Å².